The van der Waals surface area contributed by atoms with Crippen LogP contribution >= 0.6 is 0 Å². The zero-order chi connectivity index (χ0) is 15.6. The SMILES string of the molecule is Cc1ccc(Nc2cccc3[nH]nc(-c4ccccc4)c23)cc1. The van der Waals surface area contributed by atoms with Crippen molar-refractivity contribution in [3.05, 3.63) is 78.4 Å². The van der Waals surface area contributed by atoms with Gasteiger partial charge in [-0.1, -0.05) is 54.1 Å². The van der Waals surface area contributed by atoms with E-state index in [-0.39, 0.29) is 0 Å². The molecule has 0 bridgehead atoms. The predicted molar refractivity (Wildman–Crippen MR) is 96.0 cm³/mol. The second-order valence-electron chi connectivity index (χ2n) is 5.66. The van der Waals surface area contributed by atoms with Crippen molar-refractivity contribution in [1.82, 2.24) is 10.2 Å². The summed E-state index contributed by atoms with van der Waals surface area (Å²) in [6, 6.07) is 24.8. The van der Waals surface area contributed by atoms with Gasteiger partial charge in [0.25, 0.3) is 0 Å². The zero-order valence-electron chi connectivity index (χ0n) is 12.9. The second kappa shape index (κ2) is 5.61. The van der Waals surface area contributed by atoms with E-state index in [9.17, 15) is 0 Å². The van der Waals surface area contributed by atoms with Gasteiger partial charge in [0.15, 0.2) is 0 Å². The number of nitrogens with zero attached hydrogens (tertiary/aromatic N) is 1. The Morgan fingerprint density at radius 3 is 2.39 bits per heavy atom. The molecule has 4 rings (SSSR count). The molecule has 0 aliphatic heterocycles. The molecule has 3 aromatic carbocycles. The van der Waals surface area contributed by atoms with E-state index in [1.165, 1.54) is 5.56 Å². The number of hydrogen-bond acceptors (Lipinski definition) is 2. The maximum Gasteiger partial charge on any atom is 0.102 e. The lowest BCUT2D eigenvalue weighted by Gasteiger charge is -2.09. The van der Waals surface area contributed by atoms with Crippen molar-refractivity contribution in [1.29, 1.82) is 0 Å². The lowest BCUT2D eigenvalue weighted by molar-refractivity contribution is 1.12. The highest BCUT2D eigenvalue weighted by Crippen LogP contribution is 2.33. The van der Waals surface area contributed by atoms with Crippen LogP contribution in [0.25, 0.3) is 22.2 Å². The van der Waals surface area contributed by atoms with Crippen LogP contribution in [0.5, 0.6) is 0 Å². The Morgan fingerprint density at radius 1 is 0.826 bits per heavy atom. The molecular formula is C20H17N3. The van der Waals surface area contributed by atoms with Gasteiger partial charge in [0.2, 0.25) is 0 Å². The zero-order valence-corrected chi connectivity index (χ0v) is 12.9. The Balaban J connectivity index is 1.83. The number of anilines is 2. The summed E-state index contributed by atoms with van der Waals surface area (Å²) in [6.07, 6.45) is 0. The molecule has 1 aromatic heterocycles. The number of benzene rings is 3. The van der Waals surface area contributed by atoms with Crippen LogP contribution in [-0.4, -0.2) is 10.2 Å². The van der Waals surface area contributed by atoms with Gasteiger partial charge in [-0.3, -0.25) is 5.10 Å². The molecule has 112 valence electrons. The fourth-order valence-electron chi connectivity index (χ4n) is 2.77. The van der Waals surface area contributed by atoms with Crippen LogP contribution in [0, 0.1) is 6.92 Å². The minimum absolute atomic E-state index is 0.968. The van der Waals surface area contributed by atoms with Crippen molar-refractivity contribution in [2.45, 2.75) is 6.92 Å². The molecule has 0 fully saturated rings. The summed E-state index contributed by atoms with van der Waals surface area (Å²) in [7, 11) is 0. The van der Waals surface area contributed by atoms with E-state index in [1.807, 2.05) is 24.3 Å². The molecule has 0 atom stereocenters. The van der Waals surface area contributed by atoms with Crippen molar-refractivity contribution < 1.29 is 0 Å². The van der Waals surface area contributed by atoms with E-state index in [4.69, 9.17) is 0 Å². The molecule has 0 spiro atoms. The fourth-order valence-corrected chi connectivity index (χ4v) is 2.77. The molecule has 0 amide bonds. The molecule has 4 aromatic rings. The molecule has 1 heterocycles. The van der Waals surface area contributed by atoms with Gasteiger partial charge < -0.3 is 5.32 Å². The van der Waals surface area contributed by atoms with Crippen molar-refractivity contribution in [3.63, 3.8) is 0 Å². The standard InChI is InChI=1S/C20H17N3/c1-14-10-12-16(13-11-14)21-17-8-5-9-18-19(17)20(23-22-18)15-6-3-2-4-7-15/h2-13,21H,1H3,(H,22,23). The Kier molecular flexibility index (Phi) is 3.31. The van der Waals surface area contributed by atoms with E-state index in [1.54, 1.807) is 0 Å². The molecule has 3 nitrogen and oxygen atoms in total. The van der Waals surface area contributed by atoms with E-state index in [2.05, 4.69) is 71.0 Å². The molecule has 2 N–H and O–H groups in total. The number of hydrogen-bond donors (Lipinski definition) is 2. The van der Waals surface area contributed by atoms with Crippen LogP contribution in [0.2, 0.25) is 0 Å². The lowest BCUT2D eigenvalue weighted by atomic mass is 10.1. The summed E-state index contributed by atoms with van der Waals surface area (Å²) in [6.45, 7) is 2.09. The summed E-state index contributed by atoms with van der Waals surface area (Å²) in [4.78, 5) is 0. The minimum atomic E-state index is 0.968. The Hall–Kier alpha value is -3.07. The number of aromatic amines is 1. The Morgan fingerprint density at radius 2 is 1.61 bits per heavy atom. The van der Waals surface area contributed by atoms with Crippen molar-refractivity contribution in [2.75, 3.05) is 5.32 Å². The first kappa shape index (κ1) is 13.6. The van der Waals surface area contributed by atoms with Gasteiger partial charge in [0, 0.05) is 11.3 Å². The summed E-state index contributed by atoms with van der Waals surface area (Å²) in [5, 5.41) is 12.3. The summed E-state index contributed by atoms with van der Waals surface area (Å²) < 4.78 is 0. The van der Waals surface area contributed by atoms with Gasteiger partial charge in [-0.15, -0.1) is 0 Å². The third-order valence-electron chi connectivity index (χ3n) is 3.97. The van der Waals surface area contributed by atoms with Crippen LogP contribution in [0.4, 0.5) is 11.4 Å². The van der Waals surface area contributed by atoms with Crippen molar-refractivity contribution in [2.24, 2.45) is 0 Å². The number of fused-ring (bicyclic) bond motifs is 1. The quantitative estimate of drug-likeness (QED) is 0.540. The molecule has 0 saturated heterocycles. The molecule has 0 saturated carbocycles. The highest BCUT2D eigenvalue weighted by atomic mass is 15.1. The van der Waals surface area contributed by atoms with Gasteiger partial charge >= 0.3 is 0 Å². The lowest BCUT2D eigenvalue weighted by Crippen LogP contribution is -1.91. The topological polar surface area (TPSA) is 40.7 Å². The van der Waals surface area contributed by atoms with Gasteiger partial charge in [-0.2, -0.15) is 5.10 Å². The maximum absolute atomic E-state index is 4.52. The van der Waals surface area contributed by atoms with Gasteiger partial charge in [-0.25, -0.2) is 0 Å². The molecule has 0 radical (unpaired) electrons. The Labute approximate surface area is 135 Å². The van der Waals surface area contributed by atoms with Gasteiger partial charge in [-0.05, 0) is 31.2 Å². The van der Waals surface area contributed by atoms with Crippen molar-refractivity contribution >= 4 is 22.3 Å². The van der Waals surface area contributed by atoms with E-state index >= 15 is 0 Å². The molecule has 0 unspecified atom stereocenters. The first-order chi connectivity index (χ1) is 11.3. The number of H-pyrrole nitrogens is 1. The monoisotopic (exact) mass is 299 g/mol. The highest BCUT2D eigenvalue weighted by Gasteiger charge is 2.12. The number of nitrogens with one attached hydrogen (secondary N) is 2. The highest BCUT2D eigenvalue weighted by molar-refractivity contribution is 6.03. The van der Waals surface area contributed by atoms with Crippen LogP contribution in [0.15, 0.2) is 72.8 Å². The largest absolute Gasteiger partial charge is 0.355 e. The first-order valence-electron chi connectivity index (χ1n) is 7.67. The number of aryl methyl sites for hydroxylation is 1. The molecule has 0 aliphatic carbocycles. The summed E-state index contributed by atoms with van der Waals surface area (Å²) in [5.74, 6) is 0. The van der Waals surface area contributed by atoms with Crippen LogP contribution in [0.1, 0.15) is 5.56 Å². The third-order valence-corrected chi connectivity index (χ3v) is 3.97. The van der Waals surface area contributed by atoms with Gasteiger partial charge in [0.05, 0.1) is 16.6 Å². The van der Waals surface area contributed by atoms with Crippen LogP contribution in [0.3, 0.4) is 0 Å². The Bertz CT molecular complexity index is 938. The minimum Gasteiger partial charge on any atom is -0.355 e. The number of rotatable bonds is 3. The fraction of sp³-hybridized carbons (Fsp3) is 0.0500. The van der Waals surface area contributed by atoms with E-state index in [0.29, 0.717) is 0 Å². The number of aromatic nitrogens is 2. The molecule has 23 heavy (non-hydrogen) atoms. The van der Waals surface area contributed by atoms with E-state index in [0.717, 1.165) is 33.5 Å². The maximum atomic E-state index is 4.52. The average molecular weight is 299 g/mol. The van der Waals surface area contributed by atoms with E-state index < -0.39 is 0 Å². The smallest absolute Gasteiger partial charge is 0.102 e. The molecule has 3 heteroatoms. The van der Waals surface area contributed by atoms with Crippen molar-refractivity contribution in [3.8, 4) is 11.3 Å². The summed E-state index contributed by atoms with van der Waals surface area (Å²) in [5.41, 5.74) is 6.48. The first-order valence-corrected chi connectivity index (χ1v) is 7.67. The normalized spacial score (nSPS) is 10.8. The average Bonchev–Trinajstić information content (AvgIpc) is 3.03. The third kappa shape index (κ3) is 2.57. The van der Waals surface area contributed by atoms with Gasteiger partial charge in [0.1, 0.15) is 5.69 Å². The van der Waals surface area contributed by atoms with Crippen LogP contribution < -0.4 is 5.32 Å². The molecular weight excluding hydrogens is 282 g/mol. The second-order valence-corrected chi connectivity index (χ2v) is 5.66. The predicted octanol–water partition coefficient (Wildman–Crippen LogP) is 5.28. The van der Waals surface area contributed by atoms with Crippen LogP contribution in [-0.2, 0) is 0 Å². The molecule has 0 aliphatic rings. The summed E-state index contributed by atoms with van der Waals surface area (Å²) >= 11 is 0.